The summed E-state index contributed by atoms with van der Waals surface area (Å²) in [5, 5.41) is -0.390. The summed E-state index contributed by atoms with van der Waals surface area (Å²) in [5.74, 6) is -0.653. The minimum Gasteiger partial charge on any atom is -0.318 e. The Hall–Kier alpha value is -0.620. The minimum atomic E-state index is -3.45. The van der Waals surface area contributed by atoms with E-state index in [4.69, 9.17) is 5.73 Å². The molecule has 0 unspecified atom stereocenters. The SMILES string of the molecule is CC(C)(N)C(=O)NS(=O)(=O)C1CC1. The summed E-state index contributed by atoms with van der Waals surface area (Å²) in [7, 11) is -3.45. The number of sulfonamides is 1. The minimum absolute atomic E-state index is 0.390. The highest BCUT2D eigenvalue weighted by atomic mass is 32.2. The molecule has 6 heteroatoms. The van der Waals surface area contributed by atoms with Gasteiger partial charge >= 0.3 is 0 Å². The van der Waals surface area contributed by atoms with E-state index in [1.807, 2.05) is 4.72 Å². The quantitative estimate of drug-likeness (QED) is 0.641. The van der Waals surface area contributed by atoms with Crippen LogP contribution in [0, 0.1) is 0 Å². The van der Waals surface area contributed by atoms with Crippen molar-refractivity contribution in [2.45, 2.75) is 37.5 Å². The Morgan fingerprint density at radius 1 is 1.46 bits per heavy atom. The van der Waals surface area contributed by atoms with E-state index in [2.05, 4.69) is 0 Å². The standard InChI is InChI=1S/C7H14N2O3S/c1-7(2,8)6(10)9-13(11,12)5-3-4-5/h5H,3-4,8H2,1-2H3,(H,9,10). The first kappa shape index (κ1) is 10.5. The molecule has 1 fully saturated rings. The van der Waals surface area contributed by atoms with E-state index in [1.165, 1.54) is 13.8 Å². The summed E-state index contributed by atoms with van der Waals surface area (Å²) in [5.41, 5.74) is 4.28. The maximum atomic E-state index is 11.3. The topological polar surface area (TPSA) is 89.3 Å². The molecule has 1 rings (SSSR count). The first-order valence-corrected chi connectivity index (χ1v) is 5.63. The van der Waals surface area contributed by atoms with Crippen molar-refractivity contribution in [2.75, 3.05) is 0 Å². The highest BCUT2D eigenvalue weighted by Gasteiger charge is 2.38. The van der Waals surface area contributed by atoms with Crippen molar-refractivity contribution in [3.05, 3.63) is 0 Å². The number of amides is 1. The van der Waals surface area contributed by atoms with Gasteiger partial charge in [0, 0.05) is 0 Å². The number of hydrogen-bond acceptors (Lipinski definition) is 4. The Morgan fingerprint density at radius 3 is 2.23 bits per heavy atom. The Balaban J connectivity index is 2.64. The van der Waals surface area contributed by atoms with Gasteiger partial charge in [0.1, 0.15) is 0 Å². The van der Waals surface area contributed by atoms with Crippen molar-refractivity contribution in [3.63, 3.8) is 0 Å². The van der Waals surface area contributed by atoms with Gasteiger partial charge in [0.15, 0.2) is 0 Å². The van der Waals surface area contributed by atoms with E-state index in [9.17, 15) is 13.2 Å². The molecular formula is C7H14N2O3S. The molecule has 0 aromatic rings. The van der Waals surface area contributed by atoms with Crippen LogP contribution in [0.4, 0.5) is 0 Å². The van der Waals surface area contributed by atoms with E-state index < -0.39 is 26.7 Å². The second-order valence-electron chi connectivity index (χ2n) is 3.90. The lowest BCUT2D eigenvalue weighted by atomic mass is 10.1. The van der Waals surface area contributed by atoms with Crippen LogP contribution in [-0.2, 0) is 14.8 Å². The zero-order valence-corrected chi connectivity index (χ0v) is 8.52. The van der Waals surface area contributed by atoms with Crippen molar-refractivity contribution >= 4 is 15.9 Å². The van der Waals surface area contributed by atoms with E-state index in [1.54, 1.807) is 0 Å². The molecule has 1 aliphatic carbocycles. The molecule has 1 amide bonds. The normalized spacial score (nSPS) is 18.4. The summed E-state index contributed by atoms with van der Waals surface area (Å²) in [6, 6.07) is 0. The summed E-state index contributed by atoms with van der Waals surface area (Å²) in [6.45, 7) is 2.93. The third-order valence-corrected chi connectivity index (χ3v) is 3.60. The van der Waals surface area contributed by atoms with Crippen molar-refractivity contribution < 1.29 is 13.2 Å². The van der Waals surface area contributed by atoms with E-state index in [0.29, 0.717) is 12.8 Å². The van der Waals surface area contributed by atoms with Gasteiger partial charge in [0.25, 0.3) is 5.91 Å². The molecule has 0 radical (unpaired) electrons. The van der Waals surface area contributed by atoms with Crippen molar-refractivity contribution in [3.8, 4) is 0 Å². The maximum absolute atomic E-state index is 11.3. The molecule has 0 bridgehead atoms. The molecule has 0 spiro atoms. The van der Waals surface area contributed by atoms with Crippen LogP contribution in [0.2, 0.25) is 0 Å². The van der Waals surface area contributed by atoms with Crippen LogP contribution in [0.25, 0.3) is 0 Å². The molecule has 0 atom stereocenters. The average Bonchev–Trinajstić information content (AvgIpc) is 2.62. The van der Waals surface area contributed by atoms with Gasteiger partial charge in [0.05, 0.1) is 10.8 Å². The third kappa shape index (κ3) is 2.67. The number of nitrogens with one attached hydrogen (secondary N) is 1. The molecule has 1 aliphatic rings. The molecule has 0 aliphatic heterocycles. The van der Waals surface area contributed by atoms with Crippen molar-refractivity contribution in [1.29, 1.82) is 0 Å². The average molecular weight is 206 g/mol. The lowest BCUT2D eigenvalue weighted by Crippen LogP contribution is -2.51. The van der Waals surface area contributed by atoms with Gasteiger partial charge < -0.3 is 5.73 Å². The van der Waals surface area contributed by atoms with Crippen LogP contribution in [0.1, 0.15) is 26.7 Å². The van der Waals surface area contributed by atoms with Crippen LogP contribution in [-0.4, -0.2) is 25.1 Å². The number of nitrogens with two attached hydrogens (primary N) is 1. The highest BCUT2D eigenvalue weighted by Crippen LogP contribution is 2.27. The van der Waals surface area contributed by atoms with Gasteiger partial charge in [0.2, 0.25) is 10.0 Å². The van der Waals surface area contributed by atoms with Crippen LogP contribution in [0.5, 0.6) is 0 Å². The molecule has 0 saturated heterocycles. The van der Waals surface area contributed by atoms with Crippen LogP contribution < -0.4 is 10.5 Å². The van der Waals surface area contributed by atoms with E-state index >= 15 is 0 Å². The molecule has 13 heavy (non-hydrogen) atoms. The van der Waals surface area contributed by atoms with Gasteiger partial charge in [-0.2, -0.15) is 0 Å². The van der Waals surface area contributed by atoms with Gasteiger partial charge in [-0.1, -0.05) is 0 Å². The van der Waals surface area contributed by atoms with Crippen molar-refractivity contribution in [2.24, 2.45) is 5.73 Å². The summed E-state index contributed by atoms with van der Waals surface area (Å²) >= 11 is 0. The number of carbonyl (C=O) groups excluding carboxylic acids is 1. The molecule has 3 N–H and O–H groups in total. The Labute approximate surface area is 77.7 Å². The smallest absolute Gasteiger partial charge is 0.252 e. The highest BCUT2D eigenvalue weighted by molar-refractivity contribution is 7.90. The first-order valence-electron chi connectivity index (χ1n) is 4.08. The first-order chi connectivity index (χ1) is 5.73. The van der Waals surface area contributed by atoms with Crippen LogP contribution in [0.3, 0.4) is 0 Å². The summed E-state index contributed by atoms with van der Waals surface area (Å²) < 4.78 is 24.5. The maximum Gasteiger partial charge on any atom is 0.252 e. The fraction of sp³-hybridized carbons (Fsp3) is 0.857. The molecule has 0 aromatic heterocycles. The molecule has 5 nitrogen and oxygen atoms in total. The molecular weight excluding hydrogens is 192 g/mol. The zero-order chi connectivity index (χ0) is 10.3. The van der Waals surface area contributed by atoms with Gasteiger partial charge in [-0.25, -0.2) is 8.42 Å². The van der Waals surface area contributed by atoms with Gasteiger partial charge in [-0.15, -0.1) is 0 Å². The monoisotopic (exact) mass is 206 g/mol. The molecule has 76 valence electrons. The zero-order valence-electron chi connectivity index (χ0n) is 7.70. The van der Waals surface area contributed by atoms with E-state index in [0.717, 1.165) is 0 Å². The molecule has 0 heterocycles. The second kappa shape index (κ2) is 2.95. The Bertz CT molecular complexity index is 311. The Morgan fingerprint density at radius 2 is 1.92 bits per heavy atom. The van der Waals surface area contributed by atoms with Crippen molar-refractivity contribution in [1.82, 2.24) is 4.72 Å². The molecule has 0 aromatic carbocycles. The fourth-order valence-corrected chi connectivity index (χ4v) is 2.17. The van der Waals surface area contributed by atoms with Crippen LogP contribution in [0.15, 0.2) is 0 Å². The number of rotatable bonds is 3. The number of carbonyl (C=O) groups is 1. The summed E-state index contributed by atoms with van der Waals surface area (Å²) in [6.07, 6.45) is 1.27. The lowest BCUT2D eigenvalue weighted by Gasteiger charge is -2.17. The predicted molar refractivity (Wildman–Crippen MR) is 48.4 cm³/mol. The van der Waals surface area contributed by atoms with Gasteiger partial charge in [-0.3, -0.25) is 9.52 Å². The Kier molecular flexibility index (Phi) is 2.38. The second-order valence-corrected chi connectivity index (χ2v) is 5.86. The molecule has 1 saturated carbocycles. The third-order valence-electron chi connectivity index (χ3n) is 1.78. The van der Waals surface area contributed by atoms with Gasteiger partial charge in [-0.05, 0) is 26.7 Å². The largest absolute Gasteiger partial charge is 0.318 e. The fourth-order valence-electron chi connectivity index (χ4n) is 0.722. The predicted octanol–water partition coefficient (Wildman–Crippen LogP) is -0.668. The van der Waals surface area contributed by atoms with E-state index in [-0.39, 0.29) is 0 Å². The summed E-state index contributed by atoms with van der Waals surface area (Å²) in [4.78, 5) is 11.2. The van der Waals surface area contributed by atoms with Crippen LogP contribution >= 0.6 is 0 Å². The lowest BCUT2D eigenvalue weighted by molar-refractivity contribution is -0.123. The number of hydrogen-bond donors (Lipinski definition) is 2.